The van der Waals surface area contributed by atoms with Crippen LogP contribution in [0.3, 0.4) is 0 Å². The Bertz CT molecular complexity index is 647. The van der Waals surface area contributed by atoms with Crippen molar-refractivity contribution < 1.29 is 4.74 Å². The number of nitrogens with one attached hydrogen (secondary N) is 1. The van der Waals surface area contributed by atoms with E-state index in [2.05, 4.69) is 0 Å². The summed E-state index contributed by atoms with van der Waals surface area (Å²) in [6.45, 7) is 1.13. The summed E-state index contributed by atoms with van der Waals surface area (Å²) in [4.78, 5) is 13.4. The van der Waals surface area contributed by atoms with E-state index in [4.69, 9.17) is 15.9 Å². The lowest BCUT2D eigenvalue weighted by molar-refractivity contribution is 0.190. The van der Waals surface area contributed by atoms with E-state index >= 15 is 0 Å². The van der Waals surface area contributed by atoms with Gasteiger partial charge in [0.25, 0.3) is 5.56 Å². The van der Waals surface area contributed by atoms with E-state index in [-0.39, 0.29) is 17.0 Å². The fourth-order valence-corrected chi connectivity index (χ4v) is 2.77. The molecule has 5 nitrogen and oxygen atoms in total. The summed E-state index contributed by atoms with van der Waals surface area (Å²) in [6, 6.07) is 7.38. The van der Waals surface area contributed by atoms with Crippen LogP contribution in [-0.4, -0.2) is 24.1 Å². The van der Waals surface area contributed by atoms with E-state index in [1.807, 2.05) is 23.6 Å². The van der Waals surface area contributed by atoms with Gasteiger partial charge in [0.2, 0.25) is 0 Å². The van der Waals surface area contributed by atoms with Crippen molar-refractivity contribution in [2.24, 2.45) is 5.73 Å². The first-order chi connectivity index (χ1) is 9.65. The molecule has 0 aliphatic carbocycles. The third-order valence-electron chi connectivity index (χ3n) is 2.97. The summed E-state index contributed by atoms with van der Waals surface area (Å²) in [7, 11) is 1.63. The molecule has 0 spiro atoms. The number of thiophene rings is 1. The Kier molecular flexibility index (Phi) is 4.70. The van der Waals surface area contributed by atoms with Gasteiger partial charge in [-0.05, 0) is 30.0 Å². The molecule has 2 heterocycles. The van der Waals surface area contributed by atoms with Gasteiger partial charge in [0.1, 0.15) is 5.84 Å². The second-order valence-corrected chi connectivity index (χ2v) is 5.27. The zero-order valence-electron chi connectivity index (χ0n) is 11.3. The lowest BCUT2D eigenvalue weighted by Crippen LogP contribution is -2.30. The third kappa shape index (κ3) is 2.97. The van der Waals surface area contributed by atoms with Crippen LogP contribution in [0.15, 0.2) is 34.4 Å². The van der Waals surface area contributed by atoms with Crippen LogP contribution in [0.4, 0.5) is 0 Å². The summed E-state index contributed by atoms with van der Waals surface area (Å²) in [6.07, 6.45) is 0.732. The molecule has 0 aliphatic heterocycles. The molecular weight excluding hydrogens is 274 g/mol. The maximum absolute atomic E-state index is 12.4. The summed E-state index contributed by atoms with van der Waals surface area (Å²) in [5.74, 6) is -0.201. The number of methoxy groups -OCH3 is 1. The van der Waals surface area contributed by atoms with Gasteiger partial charge in [0.05, 0.1) is 16.1 Å². The Morgan fingerprint density at radius 2 is 2.25 bits per heavy atom. The van der Waals surface area contributed by atoms with Crippen LogP contribution in [0.5, 0.6) is 0 Å². The van der Waals surface area contributed by atoms with Crippen molar-refractivity contribution in [3.63, 3.8) is 0 Å². The number of hydrogen-bond donors (Lipinski definition) is 2. The van der Waals surface area contributed by atoms with Crippen molar-refractivity contribution in [3.8, 4) is 10.6 Å². The van der Waals surface area contributed by atoms with Crippen molar-refractivity contribution in [2.45, 2.75) is 13.0 Å². The molecule has 0 radical (unpaired) electrons. The zero-order valence-corrected chi connectivity index (χ0v) is 12.1. The molecule has 2 rings (SSSR count). The predicted octanol–water partition coefficient (Wildman–Crippen LogP) is 1.90. The SMILES string of the molecule is COCCCn1c(-c2cccs2)ccc(C(=N)N)c1=O. The molecule has 0 amide bonds. The number of nitrogens with zero attached hydrogens (tertiary/aromatic N) is 1. The minimum atomic E-state index is -0.223. The molecule has 106 valence electrons. The minimum Gasteiger partial charge on any atom is -0.385 e. The van der Waals surface area contributed by atoms with Gasteiger partial charge in [-0.1, -0.05) is 6.07 Å². The van der Waals surface area contributed by atoms with Crippen LogP contribution >= 0.6 is 11.3 Å². The average Bonchev–Trinajstić information content (AvgIpc) is 2.94. The molecule has 2 aromatic heterocycles. The molecular formula is C14H17N3O2S. The first kappa shape index (κ1) is 14.5. The molecule has 0 unspecified atom stereocenters. The maximum atomic E-state index is 12.4. The average molecular weight is 291 g/mol. The maximum Gasteiger partial charge on any atom is 0.262 e. The van der Waals surface area contributed by atoms with Gasteiger partial charge in [-0.25, -0.2) is 0 Å². The summed E-state index contributed by atoms with van der Waals surface area (Å²) >= 11 is 1.58. The fraction of sp³-hybridized carbons (Fsp3) is 0.286. The van der Waals surface area contributed by atoms with Crippen molar-refractivity contribution in [2.75, 3.05) is 13.7 Å². The number of ether oxygens (including phenoxy) is 1. The second-order valence-electron chi connectivity index (χ2n) is 4.33. The summed E-state index contributed by atoms with van der Waals surface area (Å²) in [5.41, 5.74) is 6.32. The Morgan fingerprint density at radius 1 is 1.45 bits per heavy atom. The largest absolute Gasteiger partial charge is 0.385 e. The third-order valence-corrected chi connectivity index (χ3v) is 3.86. The molecule has 0 aliphatic rings. The van der Waals surface area contributed by atoms with E-state index in [1.165, 1.54) is 0 Å². The molecule has 0 bridgehead atoms. The van der Waals surface area contributed by atoms with E-state index in [1.54, 1.807) is 29.1 Å². The van der Waals surface area contributed by atoms with Crippen LogP contribution in [0.2, 0.25) is 0 Å². The normalized spacial score (nSPS) is 10.7. The highest BCUT2D eigenvalue weighted by Gasteiger charge is 2.12. The van der Waals surface area contributed by atoms with Gasteiger partial charge < -0.3 is 15.0 Å². The van der Waals surface area contributed by atoms with Crippen LogP contribution in [0.25, 0.3) is 10.6 Å². The lowest BCUT2D eigenvalue weighted by Gasteiger charge is -2.13. The number of hydrogen-bond acceptors (Lipinski definition) is 4. The smallest absolute Gasteiger partial charge is 0.262 e. The number of nitrogens with two attached hydrogens (primary N) is 1. The van der Waals surface area contributed by atoms with E-state index < -0.39 is 0 Å². The van der Waals surface area contributed by atoms with E-state index in [0.717, 1.165) is 17.0 Å². The standard InChI is InChI=1S/C14H17N3O2S/c1-19-8-3-7-17-11(12-4-2-9-20-12)6-5-10(13(15)16)14(17)18/h2,4-6,9H,3,7-8H2,1H3,(H3,15,16). The minimum absolute atomic E-state index is 0.201. The lowest BCUT2D eigenvalue weighted by atomic mass is 10.2. The van der Waals surface area contributed by atoms with Crippen molar-refractivity contribution in [1.82, 2.24) is 4.57 Å². The van der Waals surface area contributed by atoms with Crippen LogP contribution < -0.4 is 11.3 Å². The number of nitrogen functional groups attached to an aromatic ring is 1. The van der Waals surface area contributed by atoms with E-state index in [0.29, 0.717) is 13.2 Å². The topological polar surface area (TPSA) is 81.1 Å². The van der Waals surface area contributed by atoms with Gasteiger partial charge >= 0.3 is 0 Å². The monoisotopic (exact) mass is 291 g/mol. The number of rotatable bonds is 6. The molecule has 6 heteroatoms. The molecule has 3 N–H and O–H groups in total. The van der Waals surface area contributed by atoms with Gasteiger partial charge in [0, 0.05) is 20.3 Å². The van der Waals surface area contributed by atoms with Crippen molar-refractivity contribution >= 4 is 17.2 Å². The first-order valence-electron chi connectivity index (χ1n) is 6.26. The predicted molar refractivity (Wildman–Crippen MR) is 81.5 cm³/mol. The number of amidine groups is 1. The molecule has 0 aromatic carbocycles. The van der Waals surface area contributed by atoms with Gasteiger partial charge in [-0.15, -0.1) is 11.3 Å². The van der Waals surface area contributed by atoms with Crippen LogP contribution in [-0.2, 0) is 11.3 Å². The van der Waals surface area contributed by atoms with Crippen LogP contribution in [0, 0.1) is 5.41 Å². The quantitative estimate of drug-likeness (QED) is 0.484. The highest BCUT2D eigenvalue weighted by molar-refractivity contribution is 7.13. The molecule has 0 fully saturated rings. The highest BCUT2D eigenvalue weighted by atomic mass is 32.1. The second kappa shape index (κ2) is 6.49. The summed E-state index contributed by atoms with van der Waals surface area (Å²) in [5, 5.41) is 9.44. The zero-order chi connectivity index (χ0) is 14.5. The Hall–Kier alpha value is -1.92. The fourth-order valence-electron chi connectivity index (χ4n) is 2.01. The number of aromatic nitrogens is 1. The molecule has 0 saturated carbocycles. The van der Waals surface area contributed by atoms with Gasteiger partial charge in [-0.3, -0.25) is 10.2 Å². The Balaban J connectivity index is 2.48. The Labute approximate surface area is 121 Å². The van der Waals surface area contributed by atoms with Gasteiger partial charge in [0.15, 0.2) is 0 Å². The highest BCUT2D eigenvalue weighted by Crippen LogP contribution is 2.23. The molecule has 0 saturated heterocycles. The first-order valence-corrected chi connectivity index (χ1v) is 7.14. The van der Waals surface area contributed by atoms with Crippen molar-refractivity contribution in [3.05, 3.63) is 45.6 Å². The number of pyridine rings is 1. The molecule has 20 heavy (non-hydrogen) atoms. The molecule has 0 atom stereocenters. The summed E-state index contributed by atoms with van der Waals surface area (Å²) < 4.78 is 6.70. The van der Waals surface area contributed by atoms with Crippen molar-refractivity contribution in [1.29, 1.82) is 5.41 Å². The van der Waals surface area contributed by atoms with Gasteiger partial charge in [-0.2, -0.15) is 0 Å². The molecule has 2 aromatic rings. The van der Waals surface area contributed by atoms with E-state index in [9.17, 15) is 4.79 Å². The van der Waals surface area contributed by atoms with Crippen LogP contribution in [0.1, 0.15) is 12.0 Å². The Morgan fingerprint density at radius 3 is 2.85 bits per heavy atom.